The van der Waals surface area contributed by atoms with E-state index in [0.717, 1.165) is 4.90 Å². The first kappa shape index (κ1) is 24.2. The second-order valence-corrected chi connectivity index (χ2v) is 6.74. The van der Waals surface area contributed by atoms with Crippen molar-refractivity contribution >= 4 is 35.5 Å². The third kappa shape index (κ3) is 7.57. The maximum atomic E-state index is 11.7. The topological polar surface area (TPSA) is 149 Å². The Labute approximate surface area is 178 Å². The lowest BCUT2D eigenvalue weighted by atomic mass is 10.3. The molecule has 12 heteroatoms. The van der Waals surface area contributed by atoms with Crippen LogP contribution in [0.3, 0.4) is 0 Å². The highest BCUT2D eigenvalue weighted by molar-refractivity contribution is 6.16. The van der Waals surface area contributed by atoms with E-state index in [-0.39, 0.29) is 77.0 Å². The first-order valence-corrected chi connectivity index (χ1v) is 9.82. The summed E-state index contributed by atoms with van der Waals surface area (Å²) in [6.45, 7) is 2.53. The second-order valence-electron chi connectivity index (χ2n) is 6.74. The van der Waals surface area contributed by atoms with Gasteiger partial charge in [0.2, 0.25) is 5.91 Å². The van der Waals surface area contributed by atoms with Crippen LogP contribution < -0.4 is 5.32 Å². The van der Waals surface area contributed by atoms with Crippen LogP contribution >= 0.6 is 0 Å². The standard InChI is InChI=1S/C19H25N3O9/c1-13-12-17(26)21(19(13)28)7-4-14(23)20-6-9-30-11-10-29-8-5-18(27)31-22-15(24)2-3-16(22)25/h12H,2-11H2,1H3,(H,20,23). The summed E-state index contributed by atoms with van der Waals surface area (Å²) in [6.07, 6.45) is 1.20. The molecule has 2 heterocycles. The van der Waals surface area contributed by atoms with Crippen LogP contribution in [0.4, 0.5) is 0 Å². The molecule has 0 aliphatic carbocycles. The van der Waals surface area contributed by atoms with Gasteiger partial charge in [0.15, 0.2) is 0 Å². The fourth-order valence-corrected chi connectivity index (χ4v) is 2.70. The van der Waals surface area contributed by atoms with Crippen molar-refractivity contribution in [2.75, 3.05) is 39.5 Å². The molecule has 0 spiro atoms. The molecule has 12 nitrogen and oxygen atoms in total. The molecule has 0 unspecified atom stereocenters. The normalized spacial score (nSPS) is 16.2. The molecule has 2 aliphatic rings. The highest BCUT2D eigenvalue weighted by Gasteiger charge is 2.32. The third-order valence-electron chi connectivity index (χ3n) is 4.34. The van der Waals surface area contributed by atoms with Crippen LogP contribution in [0.25, 0.3) is 0 Å². The summed E-state index contributed by atoms with van der Waals surface area (Å²) in [5.41, 5.74) is 0.356. The van der Waals surface area contributed by atoms with E-state index in [1.165, 1.54) is 6.08 Å². The van der Waals surface area contributed by atoms with Gasteiger partial charge in [-0.3, -0.25) is 28.9 Å². The third-order valence-corrected chi connectivity index (χ3v) is 4.34. The maximum absolute atomic E-state index is 11.7. The maximum Gasteiger partial charge on any atom is 0.335 e. The summed E-state index contributed by atoms with van der Waals surface area (Å²) in [5, 5.41) is 3.10. The van der Waals surface area contributed by atoms with Crippen LogP contribution in [0.1, 0.15) is 32.6 Å². The van der Waals surface area contributed by atoms with Crippen molar-refractivity contribution in [3.63, 3.8) is 0 Å². The van der Waals surface area contributed by atoms with Crippen molar-refractivity contribution < 1.29 is 43.1 Å². The van der Waals surface area contributed by atoms with E-state index in [2.05, 4.69) is 10.2 Å². The summed E-state index contributed by atoms with van der Waals surface area (Å²) < 4.78 is 10.5. The Bertz CT molecular complexity index is 762. The van der Waals surface area contributed by atoms with Gasteiger partial charge in [-0.05, 0) is 6.92 Å². The first-order chi connectivity index (χ1) is 14.8. The van der Waals surface area contributed by atoms with Crippen LogP contribution in [0.2, 0.25) is 0 Å². The molecule has 2 rings (SSSR count). The second kappa shape index (κ2) is 11.9. The molecule has 1 saturated heterocycles. The number of hydrogen-bond acceptors (Lipinski definition) is 9. The smallest absolute Gasteiger partial charge is 0.335 e. The number of hydrogen-bond donors (Lipinski definition) is 1. The lowest BCUT2D eigenvalue weighted by Gasteiger charge is -2.14. The number of nitrogens with zero attached hydrogens (tertiary/aromatic N) is 2. The minimum atomic E-state index is -0.740. The molecule has 170 valence electrons. The number of rotatable bonds is 13. The van der Waals surface area contributed by atoms with Gasteiger partial charge in [-0.1, -0.05) is 0 Å². The summed E-state index contributed by atoms with van der Waals surface area (Å²) >= 11 is 0. The SMILES string of the molecule is CC1=CC(=O)N(CCC(=O)NCCOCCOCCC(=O)ON2C(=O)CCC2=O)C1=O. The highest BCUT2D eigenvalue weighted by atomic mass is 16.7. The van der Waals surface area contributed by atoms with E-state index in [4.69, 9.17) is 9.47 Å². The van der Waals surface area contributed by atoms with Crippen LogP contribution in [0.15, 0.2) is 11.6 Å². The molecule has 0 aromatic heterocycles. The molecular formula is C19H25N3O9. The van der Waals surface area contributed by atoms with Crippen LogP contribution in [0, 0.1) is 0 Å². The highest BCUT2D eigenvalue weighted by Crippen LogP contribution is 2.13. The Morgan fingerprint density at radius 2 is 1.61 bits per heavy atom. The van der Waals surface area contributed by atoms with E-state index in [0.29, 0.717) is 10.6 Å². The first-order valence-electron chi connectivity index (χ1n) is 9.82. The zero-order chi connectivity index (χ0) is 22.8. The molecule has 0 radical (unpaired) electrons. The number of amides is 5. The quantitative estimate of drug-likeness (QED) is 0.277. The molecular weight excluding hydrogens is 414 g/mol. The molecule has 5 amide bonds. The number of nitrogens with one attached hydrogen (secondary N) is 1. The lowest BCUT2D eigenvalue weighted by molar-refractivity contribution is -0.198. The average molecular weight is 439 g/mol. The van der Waals surface area contributed by atoms with E-state index < -0.39 is 23.7 Å². The van der Waals surface area contributed by atoms with E-state index >= 15 is 0 Å². The lowest BCUT2D eigenvalue weighted by Crippen LogP contribution is -2.36. The summed E-state index contributed by atoms with van der Waals surface area (Å²) in [6, 6.07) is 0. The minimum absolute atomic E-state index is 0.00638. The van der Waals surface area contributed by atoms with Gasteiger partial charge in [0.05, 0.1) is 32.8 Å². The molecule has 2 aliphatic heterocycles. The Kier molecular flexibility index (Phi) is 9.28. The number of carbonyl (C=O) groups is 6. The Balaban J connectivity index is 1.42. The van der Waals surface area contributed by atoms with Crippen molar-refractivity contribution in [1.29, 1.82) is 0 Å². The van der Waals surface area contributed by atoms with Gasteiger partial charge in [-0.15, -0.1) is 5.06 Å². The fraction of sp³-hybridized carbons (Fsp3) is 0.579. The molecule has 1 N–H and O–H groups in total. The number of hydroxylamine groups is 2. The van der Waals surface area contributed by atoms with Gasteiger partial charge in [0, 0.05) is 44.0 Å². The van der Waals surface area contributed by atoms with Crippen molar-refractivity contribution in [3.8, 4) is 0 Å². The monoisotopic (exact) mass is 439 g/mol. The molecule has 1 fully saturated rings. The van der Waals surface area contributed by atoms with Gasteiger partial charge in [-0.2, -0.15) is 0 Å². The molecule has 0 aromatic rings. The Morgan fingerprint density at radius 3 is 2.23 bits per heavy atom. The van der Waals surface area contributed by atoms with Crippen molar-refractivity contribution in [2.24, 2.45) is 0 Å². The summed E-state index contributed by atoms with van der Waals surface area (Å²) in [7, 11) is 0. The summed E-state index contributed by atoms with van der Waals surface area (Å²) in [4.78, 5) is 74.9. The fourth-order valence-electron chi connectivity index (χ4n) is 2.70. The Hall–Kier alpha value is -3.12. The van der Waals surface area contributed by atoms with Gasteiger partial charge >= 0.3 is 5.97 Å². The van der Waals surface area contributed by atoms with Gasteiger partial charge in [0.1, 0.15) is 0 Å². The number of imide groups is 2. The molecule has 0 aromatic carbocycles. The number of ether oxygens (including phenoxy) is 2. The predicted molar refractivity (Wildman–Crippen MR) is 102 cm³/mol. The van der Waals surface area contributed by atoms with E-state index in [1.807, 2.05) is 0 Å². The molecule has 0 atom stereocenters. The zero-order valence-corrected chi connectivity index (χ0v) is 17.2. The predicted octanol–water partition coefficient (Wildman–Crippen LogP) is -1.16. The largest absolute Gasteiger partial charge is 0.378 e. The molecule has 0 bridgehead atoms. The minimum Gasteiger partial charge on any atom is -0.378 e. The van der Waals surface area contributed by atoms with Gasteiger partial charge < -0.3 is 19.6 Å². The number of carbonyl (C=O) groups excluding carboxylic acids is 6. The molecule has 31 heavy (non-hydrogen) atoms. The van der Waals surface area contributed by atoms with Gasteiger partial charge in [0.25, 0.3) is 23.6 Å². The molecule has 0 saturated carbocycles. The Morgan fingerprint density at radius 1 is 0.968 bits per heavy atom. The van der Waals surface area contributed by atoms with E-state index in [9.17, 15) is 28.8 Å². The van der Waals surface area contributed by atoms with Crippen LogP contribution in [-0.2, 0) is 43.1 Å². The van der Waals surface area contributed by atoms with Gasteiger partial charge in [-0.25, -0.2) is 4.79 Å². The summed E-state index contributed by atoms with van der Waals surface area (Å²) in [5.74, 6) is -2.92. The van der Waals surface area contributed by atoms with E-state index in [1.54, 1.807) is 6.92 Å². The van der Waals surface area contributed by atoms with Crippen molar-refractivity contribution in [1.82, 2.24) is 15.3 Å². The average Bonchev–Trinajstić information content (AvgIpc) is 3.16. The van der Waals surface area contributed by atoms with Crippen molar-refractivity contribution in [2.45, 2.75) is 32.6 Å². The zero-order valence-electron chi connectivity index (χ0n) is 17.2. The van der Waals surface area contributed by atoms with Crippen LogP contribution in [-0.4, -0.2) is 85.0 Å². The van der Waals surface area contributed by atoms with Crippen molar-refractivity contribution in [3.05, 3.63) is 11.6 Å². The van der Waals surface area contributed by atoms with Crippen LogP contribution in [0.5, 0.6) is 0 Å².